The van der Waals surface area contributed by atoms with E-state index in [1.165, 1.54) is 109 Å². The molecule has 0 aromatic carbocycles. The number of allylic oxidation sites excluding steroid dienone is 18. The van der Waals surface area contributed by atoms with Gasteiger partial charge in [0.05, 0.1) is 19.8 Å². The maximum absolute atomic E-state index is 12.7. The first-order valence-electron chi connectivity index (χ1n) is 27.4. The molecule has 0 bridgehead atoms. The standard InChI is InChI=1S/C59H102NO7P/c1-3-5-7-9-11-13-15-17-19-21-23-25-27-29-30-32-34-36-38-40-42-44-46-48-50-52-59(61)67-58(57-66-68(62,63)65-55-53-60)56-64-54-51-49-47-45-43-41-39-37-35-33-31-28-26-24-22-20-18-16-14-12-10-8-6-4-2/h6,8,12,14-15,17-18,20-21,23-24,26,31,33,37,39,43,45,58H,3-5,7,9-11,13,16,19,22,25,27-30,32,34-36,38,40-42,44,46-57,60H2,1-2H3,(H,62,63)/b8-6-,14-12-,17-15-,20-18-,23-21-,26-24-,33-31-,39-37-,45-43-. The molecule has 0 amide bonds. The van der Waals surface area contributed by atoms with Crippen LogP contribution in [0.5, 0.6) is 0 Å². The van der Waals surface area contributed by atoms with Crippen molar-refractivity contribution in [2.75, 3.05) is 33.0 Å². The molecule has 2 atom stereocenters. The van der Waals surface area contributed by atoms with E-state index < -0.39 is 13.9 Å². The minimum absolute atomic E-state index is 0.0798. The van der Waals surface area contributed by atoms with Crippen LogP contribution in [0.25, 0.3) is 0 Å². The summed E-state index contributed by atoms with van der Waals surface area (Å²) in [5.74, 6) is -0.349. The number of hydrogen-bond acceptors (Lipinski definition) is 7. The second-order valence-electron chi connectivity index (χ2n) is 17.7. The summed E-state index contributed by atoms with van der Waals surface area (Å²) in [5, 5.41) is 0. The summed E-state index contributed by atoms with van der Waals surface area (Å²) in [7, 11) is -4.31. The van der Waals surface area contributed by atoms with Crippen molar-refractivity contribution in [1.82, 2.24) is 0 Å². The normalized spacial score (nSPS) is 14.1. The van der Waals surface area contributed by atoms with Crippen LogP contribution in [0.4, 0.5) is 0 Å². The third-order valence-corrected chi connectivity index (χ3v) is 12.2. The highest BCUT2D eigenvalue weighted by molar-refractivity contribution is 7.47. The van der Waals surface area contributed by atoms with Crippen molar-refractivity contribution in [3.8, 4) is 0 Å². The third-order valence-electron chi connectivity index (χ3n) is 11.2. The van der Waals surface area contributed by atoms with Gasteiger partial charge in [-0.15, -0.1) is 0 Å². The molecule has 390 valence electrons. The Morgan fingerprint density at radius 1 is 0.456 bits per heavy atom. The third kappa shape index (κ3) is 54.1. The summed E-state index contributed by atoms with van der Waals surface area (Å²) in [4.78, 5) is 22.6. The molecule has 0 saturated carbocycles. The zero-order chi connectivity index (χ0) is 49.4. The molecule has 0 heterocycles. The van der Waals surface area contributed by atoms with Gasteiger partial charge < -0.3 is 20.1 Å². The number of carbonyl (C=O) groups excluding carboxylic acids is 1. The predicted octanol–water partition coefficient (Wildman–Crippen LogP) is 17.5. The molecule has 0 aromatic rings. The number of phosphoric ester groups is 1. The van der Waals surface area contributed by atoms with Crippen LogP contribution >= 0.6 is 7.82 Å². The number of phosphoric acid groups is 1. The van der Waals surface area contributed by atoms with Gasteiger partial charge in [0.15, 0.2) is 0 Å². The van der Waals surface area contributed by atoms with Crippen molar-refractivity contribution in [3.63, 3.8) is 0 Å². The van der Waals surface area contributed by atoms with Crippen molar-refractivity contribution in [3.05, 3.63) is 109 Å². The van der Waals surface area contributed by atoms with Gasteiger partial charge in [-0.05, 0) is 103 Å². The van der Waals surface area contributed by atoms with Gasteiger partial charge in [-0.2, -0.15) is 0 Å². The Hall–Kier alpha value is -2.84. The van der Waals surface area contributed by atoms with Gasteiger partial charge in [-0.3, -0.25) is 13.8 Å². The minimum Gasteiger partial charge on any atom is -0.457 e. The SMILES string of the molecule is CC/C=C\C/C=C\C/C=C\C/C=C\C/C=C\C/C=C\C/C=C\CCCCOCC(COP(=O)(O)OCCN)OC(=O)CCCCCCCCCCCCCCC/C=C\C/C=C\CCCCCCC. The van der Waals surface area contributed by atoms with Crippen molar-refractivity contribution in [1.29, 1.82) is 0 Å². The quantitative estimate of drug-likeness (QED) is 0.0268. The summed E-state index contributed by atoms with van der Waals surface area (Å²) in [6.45, 7) is 4.68. The van der Waals surface area contributed by atoms with Crippen molar-refractivity contribution in [2.45, 2.75) is 225 Å². The molecule has 0 radical (unpaired) electrons. The van der Waals surface area contributed by atoms with Gasteiger partial charge in [-0.1, -0.05) is 220 Å². The van der Waals surface area contributed by atoms with Crippen LogP contribution in [0.2, 0.25) is 0 Å². The van der Waals surface area contributed by atoms with Crippen LogP contribution in [-0.4, -0.2) is 49.9 Å². The molecule has 0 rings (SSSR count). The minimum atomic E-state index is -4.31. The second-order valence-corrected chi connectivity index (χ2v) is 19.2. The highest BCUT2D eigenvalue weighted by Gasteiger charge is 2.25. The Kier molecular flexibility index (Phi) is 52.8. The first-order chi connectivity index (χ1) is 33.4. The fraction of sp³-hybridized carbons (Fsp3) is 0.678. The van der Waals surface area contributed by atoms with E-state index in [9.17, 15) is 14.3 Å². The summed E-state index contributed by atoms with van der Waals surface area (Å²) in [5.41, 5.74) is 5.39. The molecule has 0 aromatic heterocycles. The number of esters is 1. The maximum Gasteiger partial charge on any atom is 0.472 e. The van der Waals surface area contributed by atoms with Crippen LogP contribution in [0.1, 0.15) is 219 Å². The number of ether oxygens (including phenoxy) is 2. The fourth-order valence-corrected chi connectivity index (χ4v) is 7.95. The van der Waals surface area contributed by atoms with Crippen LogP contribution in [0.3, 0.4) is 0 Å². The number of unbranched alkanes of at least 4 members (excludes halogenated alkanes) is 20. The van der Waals surface area contributed by atoms with E-state index in [0.717, 1.165) is 89.9 Å². The van der Waals surface area contributed by atoms with E-state index in [1.54, 1.807) is 0 Å². The molecule has 0 saturated heterocycles. The predicted molar refractivity (Wildman–Crippen MR) is 293 cm³/mol. The average molecular weight is 968 g/mol. The van der Waals surface area contributed by atoms with E-state index in [0.29, 0.717) is 13.0 Å². The van der Waals surface area contributed by atoms with Gasteiger partial charge in [-0.25, -0.2) is 4.57 Å². The van der Waals surface area contributed by atoms with Gasteiger partial charge >= 0.3 is 13.8 Å². The number of rotatable bonds is 51. The number of carbonyl (C=O) groups is 1. The zero-order valence-electron chi connectivity index (χ0n) is 43.6. The summed E-state index contributed by atoms with van der Waals surface area (Å²) in [6, 6.07) is 0. The van der Waals surface area contributed by atoms with E-state index in [4.69, 9.17) is 24.3 Å². The molecule has 0 aliphatic heterocycles. The lowest BCUT2D eigenvalue weighted by Gasteiger charge is -2.20. The van der Waals surface area contributed by atoms with E-state index >= 15 is 0 Å². The lowest BCUT2D eigenvalue weighted by Crippen LogP contribution is -2.28. The number of hydrogen-bond donors (Lipinski definition) is 2. The number of nitrogens with two attached hydrogens (primary N) is 1. The summed E-state index contributed by atoms with van der Waals surface area (Å²) >= 11 is 0. The van der Waals surface area contributed by atoms with Crippen LogP contribution in [0.15, 0.2) is 109 Å². The molecular weight excluding hydrogens is 866 g/mol. The Bertz CT molecular complexity index is 1410. The molecule has 0 aliphatic rings. The van der Waals surface area contributed by atoms with Gasteiger partial charge in [0.2, 0.25) is 0 Å². The molecular formula is C59H102NO7P. The second kappa shape index (κ2) is 55.1. The maximum atomic E-state index is 12.7. The summed E-state index contributed by atoms with van der Waals surface area (Å²) in [6.07, 6.45) is 75.7. The first-order valence-corrected chi connectivity index (χ1v) is 28.9. The monoisotopic (exact) mass is 968 g/mol. The molecule has 0 fully saturated rings. The van der Waals surface area contributed by atoms with E-state index in [1.807, 2.05) is 0 Å². The van der Waals surface area contributed by atoms with Gasteiger partial charge in [0, 0.05) is 19.6 Å². The fourth-order valence-electron chi connectivity index (χ4n) is 7.18. The first kappa shape index (κ1) is 65.2. The highest BCUT2D eigenvalue weighted by atomic mass is 31.2. The smallest absolute Gasteiger partial charge is 0.457 e. The van der Waals surface area contributed by atoms with Crippen molar-refractivity contribution in [2.24, 2.45) is 5.73 Å². The molecule has 9 heteroatoms. The van der Waals surface area contributed by atoms with E-state index in [-0.39, 0.29) is 32.3 Å². The topological polar surface area (TPSA) is 117 Å². The van der Waals surface area contributed by atoms with Crippen LogP contribution in [0, 0.1) is 0 Å². The Morgan fingerprint density at radius 2 is 0.824 bits per heavy atom. The molecule has 8 nitrogen and oxygen atoms in total. The zero-order valence-corrected chi connectivity index (χ0v) is 44.4. The lowest BCUT2D eigenvalue weighted by molar-refractivity contribution is -0.154. The Labute approximate surface area is 418 Å². The largest absolute Gasteiger partial charge is 0.472 e. The van der Waals surface area contributed by atoms with Crippen molar-refractivity contribution >= 4 is 13.8 Å². The van der Waals surface area contributed by atoms with Gasteiger partial charge in [0.25, 0.3) is 0 Å². The molecule has 2 unspecified atom stereocenters. The van der Waals surface area contributed by atoms with Gasteiger partial charge in [0.1, 0.15) is 6.10 Å². The molecule has 0 spiro atoms. The lowest BCUT2D eigenvalue weighted by atomic mass is 10.0. The van der Waals surface area contributed by atoms with Crippen molar-refractivity contribution < 1.29 is 32.8 Å². The molecule has 0 aliphatic carbocycles. The Balaban J connectivity index is 4.03. The van der Waals surface area contributed by atoms with Crippen LogP contribution < -0.4 is 5.73 Å². The molecule has 68 heavy (non-hydrogen) atoms. The Morgan fingerprint density at radius 3 is 1.24 bits per heavy atom. The summed E-state index contributed by atoms with van der Waals surface area (Å²) < 4.78 is 33.6. The average Bonchev–Trinajstić information content (AvgIpc) is 3.33. The molecule has 3 N–H and O–H groups in total. The van der Waals surface area contributed by atoms with Crippen LogP contribution in [-0.2, 0) is 27.9 Å². The highest BCUT2D eigenvalue weighted by Crippen LogP contribution is 2.43. The van der Waals surface area contributed by atoms with E-state index in [2.05, 4.69) is 123 Å².